The molecule has 1 unspecified atom stereocenters. The number of amides is 1. The highest BCUT2D eigenvalue weighted by atomic mass is 35.5. The molecule has 1 amide bonds. The third-order valence-electron chi connectivity index (χ3n) is 3.33. The zero-order valence-electron chi connectivity index (χ0n) is 9.67. The molecule has 0 radical (unpaired) electrons. The molecule has 92 valence electrons. The van der Waals surface area contributed by atoms with E-state index in [2.05, 4.69) is 5.32 Å². The van der Waals surface area contributed by atoms with Gasteiger partial charge in [-0.1, -0.05) is 12.1 Å². The highest BCUT2D eigenvalue weighted by Crippen LogP contribution is 2.41. The van der Waals surface area contributed by atoms with Gasteiger partial charge in [-0.25, -0.2) is 4.39 Å². The number of halogens is 2. The quantitative estimate of drug-likeness (QED) is 0.827. The maximum atomic E-state index is 12.9. The highest BCUT2D eigenvalue weighted by Gasteiger charge is 2.40. The van der Waals surface area contributed by atoms with Gasteiger partial charge in [-0.2, -0.15) is 0 Å². The maximum absolute atomic E-state index is 12.9. The molecule has 0 bridgehead atoms. The first-order valence-corrected chi connectivity index (χ1v) is 6.19. The van der Waals surface area contributed by atoms with Gasteiger partial charge in [0.1, 0.15) is 11.2 Å². The third-order valence-corrected chi connectivity index (χ3v) is 3.53. The average Bonchev–Trinajstić information content (AvgIpc) is 2.24. The predicted molar refractivity (Wildman–Crippen MR) is 65.4 cm³/mol. The summed E-state index contributed by atoms with van der Waals surface area (Å²) in [6.07, 6.45) is 2.83. The number of nitrogens with one attached hydrogen (secondary N) is 1. The van der Waals surface area contributed by atoms with Gasteiger partial charge in [0.2, 0.25) is 5.91 Å². The molecule has 1 aliphatic rings. The van der Waals surface area contributed by atoms with Crippen LogP contribution in [0, 0.1) is 5.82 Å². The molecule has 0 spiro atoms. The Hall–Kier alpha value is -1.09. The maximum Gasteiger partial charge on any atom is 0.238 e. The second-order valence-corrected chi connectivity index (χ2v) is 5.20. The fourth-order valence-corrected chi connectivity index (χ4v) is 2.17. The molecule has 1 atom stereocenters. The van der Waals surface area contributed by atoms with Gasteiger partial charge in [0.15, 0.2) is 0 Å². The van der Waals surface area contributed by atoms with Crippen molar-refractivity contribution in [1.82, 2.24) is 5.32 Å². The molecule has 0 aliphatic heterocycles. The van der Waals surface area contributed by atoms with E-state index in [4.69, 9.17) is 11.6 Å². The van der Waals surface area contributed by atoms with E-state index >= 15 is 0 Å². The van der Waals surface area contributed by atoms with E-state index in [9.17, 15) is 9.18 Å². The molecule has 1 saturated carbocycles. The Labute approximate surface area is 105 Å². The zero-order valence-corrected chi connectivity index (χ0v) is 10.4. The second-order valence-electron chi connectivity index (χ2n) is 4.55. The molecule has 1 fully saturated rings. The normalized spacial score (nSPS) is 19.2. The lowest BCUT2D eigenvalue weighted by atomic mass is 9.71. The van der Waals surface area contributed by atoms with E-state index in [1.807, 2.05) is 0 Å². The highest BCUT2D eigenvalue weighted by molar-refractivity contribution is 6.30. The molecule has 0 heterocycles. The summed E-state index contributed by atoms with van der Waals surface area (Å²) in [6.45, 7) is 1.65. The number of rotatable bonds is 3. The lowest BCUT2D eigenvalue weighted by molar-refractivity contribution is -0.123. The Morgan fingerprint density at radius 3 is 2.41 bits per heavy atom. The Bertz CT molecular complexity index is 412. The van der Waals surface area contributed by atoms with Crippen LogP contribution < -0.4 is 5.32 Å². The summed E-state index contributed by atoms with van der Waals surface area (Å²) in [7, 11) is 0. The summed E-state index contributed by atoms with van der Waals surface area (Å²) in [5.41, 5.74) is 0.615. The van der Waals surface area contributed by atoms with Crippen molar-refractivity contribution < 1.29 is 9.18 Å². The molecular formula is C13H15ClFNO. The van der Waals surface area contributed by atoms with Crippen LogP contribution in [0.3, 0.4) is 0 Å². The molecule has 1 aromatic carbocycles. The first kappa shape index (κ1) is 12.4. The Kier molecular flexibility index (Phi) is 3.38. The minimum atomic E-state index is -0.548. The van der Waals surface area contributed by atoms with Crippen LogP contribution in [-0.2, 0) is 10.3 Å². The van der Waals surface area contributed by atoms with Crippen molar-refractivity contribution in [3.8, 4) is 0 Å². The van der Waals surface area contributed by atoms with E-state index in [1.165, 1.54) is 12.1 Å². The Morgan fingerprint density at radius 2 is 2.00 bits per heavy atom. The number of benzene rings is 1. The molecule has 2 rings (SSSR count). The van der Waals surface area contributed by atoms with Gasteiger partial charge in [0, 0.05) is 0 Å². The van der Waals surface area contributed by atoms with E-state index in [-0.39, 0.29) is 17.3 Å². The fourth-order valence-electron chi connectivity index (χ4n) is 2.12. The van der Waals surface area contributed by atoms with E-state index < -0.39 is 5.38 Å². The van der Waals surface area contributed by atoms with Gasteiger partial charge in [0.05, 0.1) is 5.54 Å². The van der Waals surface area contributed by atoms with Gasteiger partial charge < -0.3 is 5.32 Å². The van der Waals surface area contributed by atoms with Crippen LogP contribution in [0.4, 0.5) is 4.39 Å². The lowest BCUT2D eigenvalue weighted by Gasteiger charge is -2.43. The first-order valence-electron chi connectivity index (χ1n) is 5.76. The van der Waals surface area contributed by atoms with Crippen LogP contribution in [0.15, 0.2) is 24.3 Å². The summed E-state index contributed by atoms with van der Waals surface area (Å²) < 4.78 is 12.9. The van der Waals surface area contributed by atoms with Crippen LogP contribution in [0.5, 0.6) is 0 Å². The summed E-state index contributed by atoms with van der Waals surface area (Å²) in [5.74, 6) is -0.434. The minimum absolute atomic E-state index is 0.171. The molecule has 2 nitrogen and oxygen atoms in total. The largest absolute Gasteiger partial charge is 0.345 e. The van der Waals surface area contributed by atoms with Crippen LogP contribution in [-0.4, -0.2) is 11.3 Å². The molecule has 17 heavy (non-hydrogen) atoms. The number of hydrogen-bond donors (Lipinski definition) is 1. The van der Waals surface area contributed by atoms with Gasteiger partial charge in [-0.15, -0.1) is 11.6 Å². The number of carbonyl (C=O) groups is 1. The van der Waals surface area contributed by atoms with Gasteiger partial charge in [-0.05, 0) is 43.9 Å². The first-order chi connectivity index (χ1) is 8.03. The van der Waals surface area contributed by atoms with E-state index in [0.717, 1.165) is 24.8 Å². The second kappa shape index (κ2) is 4.65. The predicted octanol–water partition coefficient (Wildman–Crippen LogP) is 2.95. The third kappa shape index (κ3) is 2.44. The van der Waals surface area contributed by atoms with Crippen molar-refractivity contribution in [2.75, 3.05) is 0 Å². The van der Waals surface area contributed by atoms with Gasteiger partial charge in [0.25, 0.3) is 0 Å². The SMILES string of the molecule is CC(Cl)C(=O)NC1(c2ccc(F)cc2)CCC1. The van der Waals surface area contributed by atoms with E-state index in [1.54, 1.807) is 19.1 Å². The number of hydrogen-bond acceptors (Lipinski definition) is 1. The van der Waals surface area contributed by atoms with Gasteiger partial charge in [-0.3, -0.25) is 4.79 Å². The number of alkyl halides is 1. The van der Waals surface area contributed by atoms with Crippen LogP contribution >= 0.6 is 11.6 Å². The number of carbonyl (C=O) groups excluding carboxylic acids is 1. The molecular weight excluding hydrogens is 241 g/mol. The molecule has 1 aliphatic carbocycles. The summed E-state index contributed by atoms with van der Waals surface area (Å²) in [4.78, 5) is 11.7. The Morgan fingerprint density at radius 1 is 1.41 bits per heavy atom. The smallest absolute Gasteiger partial charge is 0.238 e. The average molecular weight is 256 g/mol. The van der Waals surface area contributed by atoms with Gasteiger partial charge >= 0.3 is 0 Å². The van der Waals surface area contributed by atoms with Crippen LogP contribution in [0.1, 0.15) is 31.7 Å². The standard InChI is InChI=1S/C13H15ClFNO/c1-9(14)12(17)16-13(7-2-8-13)10-3-5-11(15)6-4-10/h3-6,9H,2,7-8H2,1H3,(H,16,17). The van der Waals surface area contributed by atoms with Crippen molar-refractivity contribution in [2.24, 2.45) is 0 Å². The van der Waals surface area contributed by atoms with E-state index in [0.29, 0.717) is 0 Å². The zero-order chi connectivity index (χ0) is 12.5. The van der Waals surface area contributed by atoms with Crippen molar-refractivity contribution in [1.29, 1.82) is 0 Å². The minimum Gasteiger partial charge on any atom is -0.345 e. The summed E-state index contributed by atoms with van der Waals surface area (Å²) in [5, 5.41) is 2.42. The topological polar surface area (TPSA) is 29.1 Å². The molecule has 0 saturated heterocycles. The molecule has 1 N–H and O–H groups in total. The Balaban J connectivity index is 2.20. The van der Waals surface area contributed by atoms with Crippen LogP contribution in [0.25, 0.3) is 0 Å². The molecule has 1 aromatic rings. The van der Waals surface area contributed by atoms with Crippen molar-refractivity contribution in [3.63, 3.8) is 0 Å². The monoisotopic (exact) mass is 255 g/mol. The lowest BCUT2D eigenvalue weighted by Crippen LogP contribution is -2.52. The molecule has 4 heteroatoms. The van der Waals surface area contributed by atoms with Crippen molar-refractivity contribution >= 4 is 17.5 Å². The van der Waals surface area contributed by atoms with Crippen LogP contribution in [0.2, 0.25) is 0 Å². The molecule has 0 aromatic heterocycles. The van der Waals surface area contributed by atoms with Crippen molar-refractivity contribution in [3.05, 3.63) is 35.6 Å². The fraction of sp³-hybridized carbons (Fsp3) is 0.462. The summed E-state index contributed by atoms with van der Waals surface area (Å²) >= 11 is 5.76. The summed E-state index contributed by atoms with van der Waals surface area (Å²) in [6, 6.07) is 6.30. The van der Waals surface area contributed by atoms with Crippen molar-refractivity contribution in [2.45, 2.75) is 37.1 Å².